The molecule has 0 aliphatic carbocycles. The molecule has 1 saturated heterocycles. The van der Waals surface area contributed by atoms with Crippen molar-refractivity contribution in [3.8, 4) is 0 Å². The summed E-state index contributed by atoms with van der Waals surface area (Å²) in [7, 11) is 0. The minimum atomic E-state index is -4.51. The highest BCUT2D eigenvalue weighted by atomic mass is 19.4. The van der Waals surface area contributed by atoms with E-state index in [0.717, 1.165) is 49.7 Å². The van der Waals surface area contributed by atoms with Crippen LogP contribution in [0.5, 0.6) is 0 Å². The summed E-state index contributed by atoms with van der Waals surface area (Å²) in [6.07, 6.45) is -3.55. The van der Waals surface area contributed by atoms with Crippen molar-refractivity contribution in [1.29, 1.82) is 0 Å². The third-order valence-corrected chi connectivity index (χ3v) is 5.77. The highest BCUT2D eigenvalue weighted by molar-refractivity contribution is 6.04. The Bertz CT molecular complexity index is 1100. The number of aliphatic hydroxyl groups is 1. The van der Waals surface area contributed by atoms with Crippen LogP contribution in [0.15, 0.2) is 72.9 Å². The van der Waals surface area contributed by atoms with E-state index in [1.54, 1.807) is 12.1 Å². The average Bonchev–Trinajstić information content (AvgIpc) is 2.85. The topological polar surface area (TPSA) is 68.7 Å². The van der Waals surface area contributed by atoms with E-state index in [4.69, 9.17) is 0 Å². The molecule has 2 aromatic carbocycles. The molecule has 0 saturated carbocycles. The number of aromatic nitrogens is 1. The molecule has 1 aliphatic heterocycles. The van der Waals surface area contributed by atoms with Crippen LogP contribution in [0, 0.1) is 0 Å². The van der Waals surface area contributed by atoms with Gasteiger partial charge in [0.2, 0.25) is 0 Å². The normalized spacial score (nSPS) is 15.7. The zero-order valence-electron chi connectivity index (χ0n) is 18.4. The molecule has 34 heavy (non-hydrogen) atoms. The number of amides is 1. The monoisotopic (exact) mass is 470 g/mol. The van der Waals surface area contributed by atoms with E-state index in [1.807, 2.05) is 30.3 Å². The number of nitrogens with zero attached hydrogens (tertiary/aromatic N) is 3. The Morgan fingerprint density at radius 1 is 1.00 bits per heavy atom. The SMILES string of the molecule is O=C(Nc1ccc(N2CCN(CC(O)c3ccccc3)CC2)nc1)c1cccc(C(F)(F)F)c1. The number of pyridine rings is 1. The third kappa shape index (κ3) is 5.92. The first-order valence-electron chi connectivity index (χ1n) is 10.9. The Labute approximate surface area is 195 Å². The van der Waals surface area contributed by atoms with E-state index < -0.39 is 23.8 Å². The average molecular weight is 470 g/mol. The quantitative estimate of drug-likeness (QED) is 0.565. The molecule has 1 atom stereocenters. The number of β-amino-alcohol motifs (C(OH)–C–C–N with tert-alkyl or cyclic N) is 1. The van der Waals surface area contributed by atoms with Crippen LogP contribution in [0.4, 0.5) is 24.7 Å². The number of halogens is 3. The molecule has 4 rings (SSSR count). The van der Waals surface area contributed by atoms with Gasteiger partial charge in [0, 0.05) is 38.3 Å². The number of anilines is 2. The van der Waals surface area contributed by atoms with Crippen LogP contribution in [-0.4, -0.2) is 53.6 Å². The van der Waals surface area contributed by atoms with Crippen LogP contribution in [0.3, 0.4) is 0 Å². The number of piperazine rings is 1. The lowest BCUT2D eigenvalue weighted by Gasteiger charge is -2.36. The predicted octanol–water partition coefficient (Wildman–Crippen LogP) is 4.21. The summed E-state index contributed by atoms with van der Waals surface area (Å²) in [5.74, 6) is 0.117. The molecule has 2 N–H and O–H groups in total. The summed E-state index contributed by atoms with van der Waals surface area (Å²) >= 11 is 0. The fourth-order valence-electron chi connectivity index (χ4n) is 3.87. The highest BCUT2D eigenvalue weighted by Gasteiger charge is 2.31. The van der Waals surface area contributed by atoms with Crippen molar-refractivity contribution in [2.24, 2.45) is 0 Å². The molecule has 0 radical (unpaired) electrons. The van der Waals surface area contributed by atoms with E-state index in [0.29, 0.717) is 12.2 Å². The van der Waals surface area contributed by atoms with Crippen LogP contribution in [0.25, 0.3) is 0 Å². The van der Waals surface area contributed by atoms with Gasteiger partial charge in [-0.15, -0.1) is 0 Å². The maximum atomic E-state index is 12.9. The molecule has 1 aliphatic rings. The fourth-order valence-corrected chi connectivity index (χ4v) is 3.87. The molecule has 3 aromatic rings. The molecule has 9 heteroatoms. The van der Waals surface area contributed by atoms with Crippen molar-refractivity contribution in [1.82, 2.24) is 9.88 Å². The van der Waals surface area contributed by atoms with Crippen LogP contribution in [0.1, 0.15) is 27.6 Å². The van der Waals surface area contributed by atoms with Gasteiger partial charge in [0.05, 0.1) is 23.6 Å². The lowest BCUT2D eigenvalue weighted by Crippen LogP contribution is -2.47. The summed E-state index contributed by atoms with van der Waals surface area (Å²) in [4.78, 5) is 21.1. The van der Waals surface area contributed by atoms with Gasteiger partial charge in [0.25, 0.3) is 5.91 Å². The second-order valence-corrected chi connectivity index (χ2v) is 8.15. The Balaban J connectivity index is 1.30. The first kappa shape index (κ1) is 23.7. The van der Waals surface area contributed by atoms with Crippen molar-refractivity contribution >= 4 is 17.4 Å². The first-order valence-corrected chi connectivity index (χ1v) is 10.9. The van der Waals surface area contributed by atoms with Gasteiger partial charge in [-0.3, -0.25) is 9.69 Å². The summed E-state index contributed by atoms with van der Waals surface area (Å²) in [6, 6.07) is 17.3. The molecule has 1 amide bonds. The van der Waals surface area contributed by atoms with Crippen molar-refractivity contribution in [2.75, 3.05) is 42.9 Å². The molecule has 2 heterocycles. The summed E-state index contributed by atoms with van der Waals surface area (Å²) in [6.45, 7) is 3.60. The Hall–Kier alpha value is -3.43. The second kappa shape index (κ2) is 10.2. The van der Waals surface area contributed by atoms with Crippen LogP contribution >= 0.6 is 0 Å². The summed E-state index contributed by atoms with van der Waals surface area (Å²) in [5.41, 5.74) is 0.349. The number of benzene rings is 2. The molecule has 1 unspecified atom stereocenters. The van der Waals surface area contributed by atoms with Gasteiger partial charge in [-0.05, 0) is 35.9 Å². The predicted molar refractivity (Wildman–Crippen MR) is 124 cm³/mol. The first-order chi connectivity index (χ1) is 16.3. The molecule has 6 nitrogen and oxygen atoms in total. The van der Waals surface area contributed by atoms with Gasteiger partial charge in [0.15, 0.2) is 0 Å². The van der Waals surface area contributed by atoms with E-state index in [-0.39, 0.29) is 5.56 Å². The Morgan fingerprint density at radius 3 is 2.38 bits per heavy atom. The van der Waals surface area contributed by atoms with E-state index in [2.05, 4.69) is 20.1 Å². The molecule has 0 bridgehead atoms. The Morgan fingerprint density at radius 2 is 1.74 bits per heavy atom. The maximum Gasteiger partial charge on any atom is 0.416 e. The lowest BCUT2D eigenvalue weighted by molar-refractivity contribution is -0.137. The number of hydrogen-bond donors (Lipinski definition) is 2. The lowest BCUT2D eigenvalue weighted by atomic mass is 10.1. The van der Waals surface area contributed by atoms with Crippen molar-refractivity contribution in [3.63, 3.8) is 0 Å². The molecule has 0 spiro atoms. The van der Waals surface area contributed by atoms with E-state index in [9.17, 15) is 23.1 Å². The number of hydrogen-bond acceptors (Lipinski definition) is 5. The van der Waals surface area contributed by atoms with Crippen LogP contribution in [-0.2, 0) is 6.18 Å². The van der Waals surface area contributed by atoms with Gasteiger partial charge in [-0.2, -0.15) is 13.2 Å². The minimum Gasteiger partial charge on any atom is -0.387 e. The van der Waals surface area contributed by atoms with Gasteiger partial charge in [-0.1, -0.05) is 36.4 Å². The Kier molecular flexibility index (Phi) is 7.14. The maximum absolute atomic E-state index is 12.9. The van der Waals surface area contributed by atoms with Gasteiger partial charge in [-0.25, -0.2) is 4.98 Å². The fraction of sp³-hybridized carbons (Fsp3) is 0.280. The standard InChI is InChI=1S/C25H25F3N4O2/c26-25(27,28)20-8-4-7-19(15-20)24(34)30-21-9-10-23(29-16-21)32-13-11-31(12-14-32)17-22(33)18-5-2-1-3-6-18/h1-10,15-16,22,33H,11-14,17H2,(H,30,34). The molecule has 1 fully saturated rings. The molecular weight excluding hydrogens is 445 g/mol. The minimum absolute atomic E-state index is 0.0762. The van der Waals surface area contributed by atoms with E-state index >= 15 is 0 Å². The number of carbonyl (C=O) groups excluding carboxylic acids is 1. The zero-order valence-corrected chi connectivity index (χ0v) is 18.4. The molecular formula is C25H25F3N4O2. The van der Waals surface area contributed by atoms with Gasteiger partial charge < -0.3 is 15.3 Å². The largest absolute Gasteiger partial charge is 0.416 e. The third-order valence-electron chi connectivity index (χ3n) is 5.77. The van der Waals surface area contributed by atoms with Crippen LogP contribution in [0.2, 0.25) is 0 Å². The summed E-state index contributed by atoms with van der Waals surface area (Å²) in [5, 5.41) is 13.0. The van der Waals surface area contributed by atoms with Gasteiger partial charge >= 0.3 is 6.18 Å². The number of rotatable bonds is 6. The second-order valence-electron chi connectivity index (χ2n) is 8.15. The number of nitrogens with one attached hydrogen (secondary N) is 1. The van der Waals surface area contributed by atoms with Crippen LogP contribution < -0.4 is 10.2 Å². The van der Waals surface area contributed by atoms with Crippen molar-refractivity contribution in [3.05, 3.63) is 89.6 Å². The van der Waals surface area contributed by atoms with Gasteiger partial charge in [0.1, 0.15) is 5.82 Å². The van der Waals surface area contributed by atoms with Crippen molar-refractivity contribution < 1.29 is 23.1 Å². The van der Waals surface area contributed by atoms with E-state index in [1.165, 1.54) is 18.3 Å². The summed E-state index contributed by atoms with van der Waals surface area (Å²) < 4.78 is 38.6. The highest BCUT2D eigenvalue weighted by Crippen LogP contribution is 2.29. The number of aliphatic hydroxyl groups excluding tert-OH is 1. The molecule has 1 aromatic heterocycles. The molecule has 178 valence electrons. The van der Waals surface area contributed by atoms with Crippen molar-refractivity contribution in [2.45, 2.75) is 12.3 Å². The number of carbonyl (C=O) groups is 1. The number of alkyl halides is 3. The zero-order chi connectivity index (χ0) is 24.1. The smallest absolute Gasteiger partial charge is 0.387 e.